The Morgan fingerprint density at radius 3 is 2.88 bits per heavy atom. The van der Waals surface area contributed by atoms with Crippen LogP contribution in [-0.2, 0) is 6.42 Å². The van der Waals surface area contributed by atoms with Crippen LogP contribution in [0.2, 0.25) is 0 Å². The van der Waals surface area contributed by atoms with Gasteiger partial charge in [0.2, 0.25) is 5.92 Å². The van der Waals surface area contributed by atoms with E-state index in [9.17, 15) is 8.78 Å². The third-order valence-electron chi connectivity index (χ3n) is 5.34. The fraction of sp³-hybridized carbons (Fsp3) is 0.474. The van der Waals surface area contributed by atoms with Crippen LogP contribution >= 0.6 is 0 Å². The van der Waals surface area contributed by atoms with E-state index < -0.39 is 5.92 Å². The summed E-state index contributed by atoms with van der Waals surface area (Å²) in [5, 5.41) is 7.53. The maximum Gasteiger partial charge on any atom is 0.248 e. The molecule has 4 rings (SSSR count). The second-order valence-electron chi connectivity index (χ2n) is 7.14. The Morgan fingerprint density at radius 1 is 1.28 bits per heavy atom. The number of H-pyrrole nitrogens is 2. The topological polar surface area (TPSA) is 57.4 Å². The zero-order valence-corrected chi connectivity index (χ0v) is 14.3. The summed E-state index contributed by atoms with van der Waals surface area (Å²) in [6.07, 6.45) is 6.74. The highest BCUT2D eigenvalue weighted by Crippen LogP contribution is 2.38. The van der Waals surface area contributed by atoms with E-state index in [0.29, 0.717) is 18.8 Å². The monoisotopic (exact) mass is 344 g/mol. The minimum atomic E-state index is -2.46. The number of rotatable bonds is 4. The summed E-state index contributed by atoms with van der Waals surface area (Å²) in [7, 11) is 0. The number of alkyl halides is 2. The predicted molar refractivity (Wildman–Crippen MR) is 93.6 cm³/mol. The normalized spacial score (nSPS) is 18.0. The third kappa shape index (κ3) is 3.30. The van der Waals surface area contributed by atoms with Gasteiger partial charge in [0.25, 0.3) is 0 Å². The van der Waals surface area contributed by atoms with Gasteiger partial charge in [-0.1, -0.05) is 0 Å². The van der Waals surface area contributed by atoms with Gasteiger partial charge in [-0.3, -0.25) is 10.1 Å². The van der Waals surface area contributed by atoms with Crippen molar-refractivity contribution in [1.29, 1.82) is 0 Å². The molecular formula is C19H22F2N4. The first-order valence-corrected chi connectivity index (χ1v) is 8.87. The summed E-state index contributed by atoms with van der Waals surface area (Å²) < 4.78 is 26.6. The average Bonchev–Trinajstić information content (AvgIpc) is 3.19. The molecule has 25 heavy (non-hydrogen) atoms. The molecule has 1 aliphatic carbocycles. The largest absolute Gasteiger partial charge is 0.360 e. The van der Waals surface area contributed by atoms with Gasteiger partial charge in [0.15, 0.2) is 0 Å². The molecule has 3 aromatic heterocycles. The Bertz CT molecular complexity index is 871. The number of aryl methyl sites for hydroxylation is 2. The number of hydrogen-bond acceptors (Lipinski definition) is 2. The van der Waals surface area contributed by atoms with E-state index in [-0.39, 0.29) is 12.8 Å². The minimum absolute atomic E-state index is 0.0253. The van der Waals surface area contributed by atoms with Crippen molar-refractivity contribution in [3.63, 3.8) is 0 Å². The molecule has 0 amide bonds. The van der Waals surface area contributed by atoms with Crippen LogP contribution in [0.1, 0.15) is 43.5 Å². The SMILES string of the molecule is Cc1[nH]nc(CCC2CCC(F)(F)CC2)c1-c1cnc2cc[nH]c2c1. The summed E-state index contributed by atoms with van der Waals surface area (Å²) in [5.74, 6) is -2.09. The van der Waals surface area contributed by atoms with Gasteiger partial charge in [-0.15, -0.1) is 0 Å². The molecule has 0 aromatic carbocycles. The van der Waals surface area contributed by atoms with Gasteiger partial charge in [0, 0.05) is 42.1 Å². The molecule has 0 saturated heterocycles. The van der Waals surface area contributed by atoms with E-state index in [1.807, 2.05) is 25.4 Å². The zero-order chi connectivity index (χ0) is 17.4. The third-order valence-corrected chi connectivity index (χ3v) is 5.34. The lowest BCUT2D eigenvalue weighted by Crippen LogP contribution is -2.24. The van der Waals surface area contributed by atoms with Gasteiger partial charge >= 0.3 is 0 Å². The van der Waals surface area contributed by atoms with Crippen molar-refractivity contribution >= 4 is 11.0 Å². The maximum absolute atomic E-state index is 13.3. The molecule has 2 N–H and O–H groups in total. The van der Waals surface area contributed by atoms with Crippen molar-refractivity contribution in [2.75, 3.05) is 0 Å². The fourth-order valence-corrected chi connectivity index (χ4v) is 3.84. The van der Waals surface area contributed by atoms with Crippen molar-refractivity contribution in [3.8, 4) is 11.1 Å². The highest BCUT2D eigenvalue weighted by molar-refractivity contribution is 5.81. The van der Waals surface area contributed by atoms with E-state index in [1.165, 1.54) is 0 Å². The van der Waals surface area contributed by atoms with Crippen molar-refractivity contribution in [2.24, 2.45) is 5.92 Å². The first kappa shape index (κ1) is 16.2. The van der Waals surface area contributed by atoms with Crippen LogP contribution in [0.5, 0.6) is 0 Å². The molecular weight excluding hydrogens is 322 g/mol. The second-order valence-corrected chi connectivity index (χ2v) is 7.14. The molecule has 132 valence electrons. The molecule has 1 fully saturated rings. The van der Waals surface area contributed by atoms with Crippen LogP contribution in [0.25, 0.3) is 22.2 Å². The van der Waals surface area contributed by atoms with Gasteiger partial charge in [0.1, 0.15) is 0 Å². The van der Waals surface area contributed by atoms with Gasteiger partial charge < -0.3 is 4.98 Å². The van der Waals surface area contributed by atoms with Gasteiger partial charge in [-0.25, -0.2) is 8.78 Å². The molecule has 0 bridgehead atoms. The number of hydrogen-bond donors (Lipinski definition) is 2. The summed E-state index contributed by atoms with van der Waals surface area (Å²) >= 11 is 0. The summed E-state index contributed by atoms with van der Waals surface area (Å²) in [4.78, 5) is 7.68. The van der Waals surface area contributed by atoms with Gasteiger partial charge in [0.05, 0.1) is 16.7 Å². The molecule has 0 radical (unpaired) electrons. The molecule has 6 heteroatoms. The number of nitrogens with one attached hydrogen (secondary N) is 2. The lowest BCUT2D eigenvalue weighted by Gasteiger charge is -2.28. The van der Waals surface area contributed by atoms with Crippen molar-refractivity contribution in [1.82, 2.24) is 20.2 Å². The zero-order valence-electron chi connectivity index (χ0n) is 14.3. The van der Waals surface area contributed by atoms with Crippen LogP contribution in [0.4, 0.5) is 8.78 Å². The first-order valence-electron chi connectivity index (χ1n) is 8.87. The van der Waals surface area contributed by atoms with Crippen LogP contribution < -0.4 is 0 Å². The van der Waals surface area contributed by atoms with E-state index in [4.69, 9.17) is 0 Å². The highest BCUT2D eigenvalue weighted by atomic mass is 19.3. The standard InChI is InChI=1S/C19H22F2N4/c1-12-18(14-10-17-15(23-11-14)6-9-22-17)16(25-24-12)3-2-13-4-7-19(20,21)8-5-13/h6,9-11,13,22H,2-5,7-8H2,1H3,(H,24,25). The van der Waals surface area contributed by atoms with Gasteiger partial charge in [-0.05, 0) is 50.7 Å². The number of aromatic amines is 2. The fourth-order valence-electron chi connectivity index (χ4n) is 3.84. The number of aromatic nitrogens is 4. The average molecular weight is 344 g/mol. The Hall–Kier alpha value is -2.24. The highest BCUT2D eigenvalue weighted by Gasteiger charge is 2.34. The van der Waals surface area contributed by atoms with Crippen LogP contribution in [0.3, 0.4) is 0 Å². The molecule has 1 aliphatic rings. The van der Waals surface area contributed by atoms with Gasteiger partial charge in [-0.2, -0.15) is 5.10 Å². The van der Waals surface area contributed by atoms with Crippen molar-refractivity contribution < 1.29 is 8.78 Å². The number of halogens is 2. The van der Waals surface area contributed by atoms with Crippen LogP contribution in [-0.4, -0.2) is 26.1 Å². The second kappa shape index (κ2) is 6.24. The Balaban J connectivity index is 1.52. The van der Waals surface area contributed by atoms with Crippen molar-refractivity contribution in [3.05, 3.63) is 35.9 Å². The molecule has 3 aromatic rings. The van der Waals surface area contributed by atoms with E-state index >= 15 is 0 Å². The lowest BCUT2D eigenvalue weighted by atomic mass is 9.83. The smallest absolute Gasteiger partial charge is 0.248 e. The summed E-state index contributed by atoms with van der Waals surface area (Å²) in [5.41, 5.74) is 6.07. The van der Waals surface area contributed by atoms with E-state index in [2.05, 4.69) is 26.2 Å². The molecule has 4 nitrogen and oxygen atoms in total. The maximum atomic E-state index is 13.3. The van der Waals surface area contributed by atoms with Crippen LogP contribution in [0.15, 0.2) is 24.5 Å². The van der Waals surface area contributed by atoms with E-state index in [1.54, 1.807) is 0 Å². The Labute approximate surface area is 145 Å². The number of nitrogens with zero attached hydrogens (tertiary/aromatic N) is 2. The first-order chi connectivity index (χ1) is 12.0. The van der Waals surface area contributed by atoms with Crippen LogP contribution in [0, 0.1) is 12.8 Å². The number of pyridine rings is 1. The van der Waals surface area contributed by atoms with E-state index in [0.717, 1.165) is 46.4 Å². The predicted octanol–water partition coefficient (Wildman–Crippen LogP) is 5.02. The molecule has 1 saturated carbocycles. The number of fused-ring (bicyclic) bond motifs is 1. The van der Waals surface area contributed by atoms with Crippen molar-refractivity contribution in [2.45, 2.75) is 51.4 Å². The quantitative estimate of drug-likeness (QED) is 0.698. The molecule has 0 atom stereocenters. The molecule has 0 aliphatic heterocycles. The summed E-state index contributed by atoms with van der Waals surface area (Å²) in [6, 6.07) is 4.03. The lowest BCUT2D eigenvalue weighted by molar-refractivity contribution is -0.0464. The molecule has 3 heterocycles. The Kier molecular flexibility index (Phi) is 4.06. The Morgan fingerprint density at radius 2 is 2.08 bits per heavy atom. The molecule has 0 spiro atoms. The minimum Gasteiger partial charge on any atom is -0.360 e. The molecule has 0 unspecified atom stereocenters. The summed E-state index contributed by atoms with van der Waals surface area (Å²) in [6.45, 7) is 2.01.